The van der Waals surface area contributed by atoms with E-state index in [1.807, 2.05) is 12.1 Å². The van der Waals surface area contributed by atoms with E-state index in [0.717, 1.165) is 9.37 Å². The first-order valence-corrected chi connectivity index (χ1v) is 7.56. The molecule has 3 N–H and O–H groups in total. The van der Waals surface area contributed by atoms with Gasteiger partial charge in [-0.25, -0.2) is 4.39 Å². The summed E-state index contributed by atoms with van der Waals surface area (Å²) in [4.78, 5) is 12.6. The van der Waals surface area contributed by atoms with Crippen LogP contribution in [0.15, 0.2) is 51.8 Å². The first-order chi connectivity index (χ1) is 9.54. The van der Waals surface area contributed by atoms with Crippen LogP contribution in [0.5, 0.6) is 0 Å². The van der Waals surface area contributed by atoms with Crippen LogP contribution in [0.3, 0.4) is 0 Å². The molecule has 0 atom stereocenters. The van der Waals surface area contributed by atoms with E-state index < -0.39 is 0 Å². The number of nitrogens with one attached hydrogen (secondary N) is 1. The van der Waals surface area contributed by atoms with Crippen molar-refractivity contribution in [2.45, 2.75) is 4.90 Å². The zero-order chi connectivity index (χ0) is 14.5. The molecular weight excluding hydrogens is 343 g/mol. The molecule has 0 spiro atoms. The number of carbonyl (C=O) groups excluding carboxylic acids is 1. The van der Waals surface area contributed by atoms with Crippen LogP contribution in [0.1, 0.15) is 0 Å². The topological polar surface area (TPSA) is 55.1 Å². The molecule has 3 nitrogen and oxygen atoms in total. The lowest BCUT2D eigenvalue weighted by Crippen LogP contribution is -2.14. The van der Waals surface area contributed by atoms with Crippen molar-refractivity contribution >= 4 is 45.0 Å². The molecule has 0 aromatic heterocycles. The molecular formula is C14H12BrFN2OS. The van der Waals surface area contributed by atoms with Crippen LogP contribution in [0.25, 0.3) is 0 Å². The fourth-order valence-corrected chi connectivity index (χ4v) is 2.65. The van der Waals surface area contributed by atoms with Crippen molar-refractivity contribution in [1.29, 1.82) is 0 Å². The van der Waals surface area contributed by atoms with Gasteiger partial charge in [-0.05, 0) is 42.5 Å². The van der Waals surface area contributed by atoms with E-state index in [1.165, 1.54) is 36.0 Å². The van der Waals surface area contributed by atoms with Gasteiger partial charge < -0.3 is 11.1 Å². The summed E-state index contributed by atoms with van der Waals surface area (Å²) >= 11 is 4.68. The highest BCUT2D eigenvalue weighted by molar-refractivity contribution is 9.10. The molecule has 2 rings (SSSR count). The maximum absolute atomic E-state index is 12.7. The number of anilines is 2. The smallest absolute Gasteiger partial charge is 0.234 e. The molecule has 0 unspecified atom stereocenters. The maximum atomic E-state index is 12.7. The largest absolute Gasteiger partial charge is 0.398 e. The first-order valence-electron chi connectivity index (χ1n) is 5.78. The summed E-state index contributed by atoms with van der Waals surface area (Å²) < 4.78 is 13.6. The summed E-state index contributed by atoms with van der Waals surface area (Å²) in [5, 5.41) is 2.69. The third-order valence-electron chi connectivity index (χ3n) is 2.46. The molecule has 0 aliphatic rings. The Kier molecular flexibility index (Phi) is 5.03. The minimum absolute atomic E-state index is 0.163. The van der Waals surface area contributed by atoms with Crippen LogP contribution in [0, 0.1) is 5.82 Å². The Morgan fingerprint density at radius 2 is 1.95 bits per heavy atom. The number of benzene rings is 2. The van der Waals surface area contributed by atoms with Gasteiger partial charge in [0.25, 0.3) is 0 Å². The monoisotopic (exact) mass is 354 g/mol. The Morgan fingerprint density at radius 1 is 1.25 bits per heavy atom. The van der Waals surface area contributed by atoms with E-state index in [4.69, 9.17) is 5.73 Å². The number of rotatable bonds is 4. The average molecular weight is 355 g/mol. The highest BCUT2D eigenvalue weighted by Gasteiger charge is 2.06. The highest BCUT2D eigenvalue weighted by atomic mass is 79.9. The molecule has 2 aromatic carbocycles. The summed E-state index contributed by atoms with van der Waals surface area (Å²) in [6.07, 6.45) is 0. The van der Waals surface area contributed by atoms with Crippen molar-refractivity contribution in [3.05, 3.63) is 52.8 Å². The zero-order valence-corrected chi connectivity index (χ0v) is 12.8. The predicted octanol–water partition coefficient (Wildman–Crippen LogP) is 3.90. The van der Waals surface area contributed by atoms with Crippen molar-refractivity contribution in [3.8, 4) is 0 Å². The quantitative estimate of drug-likeness (QED) is 0.646. The Balaban J connectivity index is 1.90. The van der Waals surface area contributed by atoms with Gasteiger partial charge in [0.2, 0.25) is 5.91 Å². The Labute approximate surface area is 128 Å². The van der Waals surface area contributed by atoms with E-state index in [2.05, 4.69) is 21.2 Å². The van der Waals surface area contributed by atoms with E-state index in [-0.39, 0.29) is 17.5 Å². The van der Waals surface area contributed by atoms with Gasteiger partial charge in [0.1, 0.15) is 5.82 Å². The number of nitrogens with two attached hydrogens (primary N) is 1. The molecule has 6 heteroatoms. The summed E-state index contributed by atoms with van der Waals surface area (Å²) in [5.74, 6) is -0.257. The lowest BCUT2D eigenvalue weighted by atomic mass is 10.3. The third kappa shape index (κ3) is 4.25. The minimum atomic E-state index is -0.333. The number of amides is 1. The normalized spacial score (nSPS) is 10.3. The van der Waals surface area contributed by atoms with E-state index >= 15 is 0 Å². The summed E-state index contributed by atoms with van der Waals surface area (Å²) in [6, 6.07) is 11.2. The average Bonchev–Trinajstić information content (AvgIpc) is 2.40. The standard InChI is InChI=1S/C14H12BrFN2OS/c15-9-1-6-13(12(17)7-9)20-8-14(19)18-11-4-2-10(16)3-5-11/h1-7H,8,17H2,(H,18,19). The van der Waals surface area contributed by atoms with Gasteiger partial charge in [-0.1, -0.05) is 15.9 Å². The molecule has 0 radical (unpaired) electrons. The van der Waals surface area contributed by atoms with Crippen LogP contribution in [-0.4, -0.2) is 11.7 Å². The first kappa shape index (κ1) is 14.9. The predicted molar refractivity (Wildman–Crippen MR) is 84.3 cm³/mol. The maximum Gasteiger partial charge on any atom is 0.234 e. The molecule has 0 aliphatic carbocycles. The van der Waals surface area contributed by atoms with Crippen molar-refractivity contribution in [3.63, 3.8) is 0 Å². The van der Waals surface area contributed by atoms with Crippen LogP contribution in [-0.2, 0) is 4.79 Å². The van der Waals surface area contributed by atoms with Gasteiger partial charge in [-0.2, -0.15) is 0 Å². The summed E-state index contributed by atoms with van der Waals surface area (Å²) in [7, 11) is 0. The molecule has 2 aromatic rings. The lowest BCUT2D eigenvalue weighted by Gasteiger charge is -2.07. The molecule has 0 aliphatic heterocycles. The number of carbonyl (C=O) groups is 1. The van der Waals surface area contributed by atoms with Crippen LogP contribution >= 0.6 is 27.7 Å². The Morgan fingerprint density at radius 3 is 2.60 bits per heavy atom. The van der Waals surface area contributed by atoms with Crippen molar-refractivity contribution in [2.75, 3.05) is 16.8 Å². The molecule has 104 valence electrons. The number of hydrogen-bond donors (Lipinski definition) is 2. The van der Waals surface area contributed by atoms with Gasteiger partial charge in [-0.15, -0.1) is 11.8 Å². The van der Waals surface area contributed by atoms with Crippen molar-refractivity contribution < 1.29 is 9.18 Å². The Hall–Kier alpha value is -1.53. The summed E-state index contributed by atoms with van der Waals surface area (Å²) in [6.45, 7) is 0. The lowest BCUT2D eigenvalue weighted by molar-refractivity contribution is -0.113. The van der Waals surface area contributed by atoms with Gasteiger partial charge in [0, 0.05) is 20.7 Å². The number of nitrogen functional groups attached to an aromatic ring is 1. The molecule has 0 fully saturated rings. The number of thioether (sulfide) groups is 1. The van der Waals surface area contributed by atoms with Gasteiger partial charge >= 0.3 is 0 Å². The molecule has 1 amide bonds. The molecule has 0 heterocycles. The molecule has 20 heavy (non-hydrogen) atoms. The van der Waals surface area contributed by atoms with Gasteiger partial charge in [0.15, 0.2) is 0 Å². The minimum Gasteiger partial charge on any atom is -0.398 e. The molecule has 0 saturated carbocycles. The van der Waals surface area contributed by atoms with Gasteiger partial charge in [0.05, 0.1) is 5.75 Å². The SMILES string of the molecule is Nc1cc(Br)ccc1SCC(=O)Nc1ccc(F)cc1. The second kappa shape index (κ2) is 6.76. The summed E-state index contributed by atoms with van der Waals surface area (Å²) in [5.41, 5.74) is 7.05. The molecule has 0 bridgehead atoms. The fourth-order valence-electron chi connectivity index (χ4n) is 1.52. The fraction of sp³-hybridized carbons (Fsp3) is 0.0714. The van der Waals surface area contributed by atoms with E-state index in [0.29, 0.717) is 11.4 Å². The zero-order valence-electron chi connectivity index (χ0n) is 10.4. The second-order valence-electron chi connectivity index (χ2n) is 4.03. The van der Waals surface area contributed by atoms with Crippen molar-refractivity contribution in [1.82, 2.24) is 0 Å². The van der Waals surface area contributed by atoms with Crippen LogP contribution in [0.4, 0.5) is 15.8 Å². The van der Waals surface area contributed by atoms with Crippen molar-refractivity contribution in [2.24, 2.45) is 0 Å². The van der Waals surface area contributed by atoms with E-state index in [1.54, 1.807) is 6.07 Å². The van der Waals surface area contributed by atoms with Crippen LogP contribution in [0.2, 0.25) is 0 Å². The number of hydrogen-bond acceptors (Lipinski definition) is 3. The van der Waals surface area contributed by atoms with E-state index in [9.17, 15) is 9.18 Å². The highest BCUT2D eigenvalue weighted by Crippen LogP contribution is 2.27. The van der Waals surface area contributed by atoms with Gasteiger partial charge in [-0.3, -0.25) is 4.79 Å². The van der Waals surface area contributed by atoms with Crippen LogP contribution < -0.4 is 11.1 Å². The Bertz CT molecular complexity index is 619. The third-order valence-corrected chi connectivity index (χ3v) is 4.04. The molecule has 0 saturated heterocycles. The second-order valence-corrected chi connectivity index (χ2v) is 5.96. The number of halogens is 2.